The Kier molecular flexibility index (Phi) is 7.42. The van der Waals surface area contributed by atoms with Crippen LogP contribution in [0.15, 0.2) is 66.9 Å². The maximum atomic E-state index is 12.8. The molecular weight excluding hydrogens is 370 g/mol. The van der Waals surface area contributed by atoms with Crippen LogP contribution < -0.4 is 9.64 Å². The fourth-order valence-corrected chi connectivity index (χ4v) is 2.59. The number of esters is 1. The number of hydrogen-bond acceptors (Lipinski definition) is 5. The third-order valence-corrected chi connectivity index (χ3v) is 3.98. The first-order valence-corrected chi connectivity index (χ1v) is 9.22. The molecule has 0 unspecified atom stereocenters. The highest BCUT2D eigenvalue weighted by molar-refractivity contribution is 5.90. The minimum Gasteiger partial charge on any atom is -0.497 e. The number of methoxy groups -OCH3 is 2. The normalized spacial score (nSPS) is 12.3. The maximum Gasteiger partial charge on any atom is 0.418 e. The summed E-state index contributed by atoms with van der Waals surface area (Å²) >= 11 is 0. The van der Waals surface area contributed by atoms with Crippen LogP contribution in [-0.2, 0) is 14.3 Å². The average molecular weight is 397 g/mol. The molecule has 6 nitrogen and oxygen atoms in total. The highest BCUT2D eigenvalue weighted by Gasteiger charge is 2.24. The third-order valence-electron chi connectivity index (χ3n) is 3.98. The van der Waals surface area contributed by atoms with Crippen LogP contribution in [0.4, 0.5) is 10.5 Å². The van der Waals surface area contributed by atoms with Crippen LogP contribution in [0.3, 0.4) is 0 Å². The lowest BCUT2D eigenvalue weighted by Gasteiger charge is -2.25. The van der Waals surface area contributed by atoms with Crippen molar-refractivity contribution in [2.45, 2.75) is 32.3 Å². The van der Waals surface area contributed by atoms with E-state index in [1.165, 1.54) is 18.2 Å². The van der Waals surface area contributed by atoms with Gasteiger partial charge in [0.15, 0.2) is 0 Å². The smallest absolute Gasteiger partial charge is 0.418 e. The number of rotatable bonds is 6. The Hall–Kier alpha value is -3.28. The number of ether oxygens (including phenoxy) is 3. The summed E-state index contributed by atoms with van der Waals surface area (Å²) in [5, 5.41) is 0. The van der Waals surface area contributed by atoms with Crippen molar-refractivity contribution in [2.75, 3.05) is 19.1 Å². The molecule has 0 fully saturated rings. The topological polar surface area (TPSA) is 65.1 Å². The van der Waals surface area contributed by atoms with E-state index < -0.39 is 23.6 Å². The molecule has 0 aliphatic heterocycles. The van der Waals surface area contributed by atoms with E-state index in [2.05, 4.69) is 0 Å². The van der Waals surface area contributed by atoms with Gasteiger partial charge in [-0.3, -0.25) is 9.69 Å². The summed E-state index contributed by atoms with van der Waals surface area (Å²) in [6.07, 6.45) is 2.59. The van der Waals surface area contributed by atoms with Crippen LogP contribution >= 0.6 is 0 Å². The van der Waals surface area contributed by atoms with Gasteiger partial charge in [-0.15, -0.1) is 0 Å². The summed E-state index contributed by atoms with van der Waals surface area (Å²) in [6, 6.07) is 16.2. The number of hydrogen-bond donors (Lipinski definition) is 0. The molecule has 0 radical (unpaired) electrons. The summed E-state index contributed by atoms with van der Waals surface area (Å²) in [7, 11) is 2.91. The molecule has 6 heteroatoms. The van der Waals surface area contributed by atoms with Crippen molar-refractivity contribution in [1.29, 1.82) is 0 Å². The lowest BCUT2D eigenvalue weighted by atomic mass is 9.99. The van der Waals surface area contributed by atoms with Crippen molar-refractivity contribution in [3.05, 3.63) is 72.4 Å². The molecule has 1 atom stereocenters. The number of carbonyl (C=O) groups excluding carboxylic acids is 2. The molecule has 0 N–H and O–H groups in total. The van der Waals surface area contributed by atoms with Gasteiger partial charge in [0.05, 0.1) is 19.9 Å². The minimum absolute atomic E-state index is 0.425. The van der Waals surface area contributed by atoms with Gasteiger partial charge in [0.25, 0.3) is 0 Å². The van der Waals surface area contributed by atoms with Crippen LogP contribution in [-0.4, -0.2) is 31.9 Å². The zero-order valence-electron chi connectivity index (χ0n) is 17.4. The summed E-state index contributed by atoms with van der Waals surface area (Å²) in [6.45, 7) is 5.38. The molecule has 1 amide bonds. The van der Waals surface area contributed by atoms with Crippen molar-refractivity contribution in [3.8, 4) is 5.75 Å². The zero-order valence-corrected chi connectivity index (χ0v) is 17.4. The SMILES string of the molecule is COC(=O)[C@H](/C=C/N(C(=O)OC(C)(C)C)c1ccc(OC)cc1)c1ccccc1. The van der Waals surface area contributed by atoms with Crippen molar-refractivity contribution in [1.82, 2.24) is 0 Å². The zero-order chi connectivity index (χ0) is 21.4. The van der Waals surface area contributed by atoms with E-state index in [4.69, 9.17) is 14.2 Å². The van der Waals surface area contributed by atoms with Crippen LogP contribution in [0.1, 0.15) is 32.3 Å². The molecule has 0 aliphatic rings. The molecule has 2 aromatic rings. The lowest BCUT2D eigenvalue weighted by molar-refractivity contribution is -0.141. The molecule has 2 rings (SSSR count). The van der Waals surface area contributed by atoms with E-state index in [9.17, 15) is 9.59 Å². The van der Waals surface area contributed by atoms with Gasteiger partial charge in [0.1, 0.15) is 17.3 Å². The largest absolute Gasteiger partial charge is 0.497 e. The molecule has 0 bridgehead atoms. The van der Waals surface area contributed by atoms with Gasteiger partial charge in [0.2, 0.25) is 0 Å². The number of carbonyl (C=O) groups is 2. The van der Waals surface area contributed by atoms with Crippen molar-refractivity contribution in [3.63, 3.8) is 0 Å². The second kappa shape index (κ2) is 9.78. The summed E-state index contributed by atoms with van der Waals surface area (Å²) in [5.74, 6) is -0.422. The highest BCUT2D eigenvalue weighted by atomic mass is 16.6. The van der Waals surface area contributed by atoms with E-state index in [0.717, 1.165) is 5.56 Å². The Labute approximate surface area is 171 Å². The first-order valence-electron chi connectivity index (χ1n) is 9.22. The first-order chi connectivity index (χ1) is 13.7. The second-order valence-corrected chi connectivity index (χ2v) is 7.30. The van der Waals surface area contributed by atoms with E-state index in [-0.39, 0.29) is 0 Å². The van der Waals surface area contributed by atoms with Gasteiger partial charge in [-0.25, -0.2) is 4.79 Å². The minimum atomic E-state index is -0.670. The Balaban J connectivity index is 2.40. The number of amides is 1. The van der Waals surface area contributed by atoms with Crippen LogP contribution in [0.2, 0.25) is 0 Å². The molecule has 0 aromatic heterocycles. The maximum absolute atomic E-state index is 12.8. The molecular formula is C23H27NO5. The van der Waals surface area contributed by atoms with Gasteiger partial charge < -0.3 is 14.2 Å². The highest BCUT2D eigenvalue weighted by Crippen LogP contribution is 2.24. The Morgan fingerprint density at radius 3 is 2.10 bits per heavy atom. The van der Waals surface area contributed by atoms with Crippen molar-refractivity contribution < 1.29 is 23.8 Å². The predicted octanol–water partition coefficient (Wildman–Crippen LogP) is 4.91. The molecule has 29 heavy (non-hydrogen) atoms. The van der Waals surface area contributed by atoms with Crippen molar-refractivity contribution in [2.24, 2.45) is 0 Å². The van der Waals surface area contributed by atoms with Crippen LogP contribution in [0.25, 0.3) is 0 Å². The quantitative estimate of drug-likeness (QED) is 0.648. The summed E-state index contributed by atoms with van der Waals surface area (Å²) in [5.41, 5.74) is 0.666. The third kappa shape index (κ3) is 6.38. The molecule has 154 valence electrons. The summed E-state index contributed by atoms with van der Waals surface area (Å²) in [4.78, 5) is 26.5. The molecule has 2 aromatic carbocycles. The van der Waals surface area contributed by atoms with E-state index in [1.54, 1.807) is 58.2 Å². The van der Waals surface area contributed by atoms with Gasteiger partial charge >= 0.3 is 12.1 Å². The number of nitrogens with zero attached hydrogens (tertiary/aromatic N) is 1. The number of benzene rings is 2. The molecule has 0 saturated carbocycles. The molecule has 0 aliphatic carbocycles. The van der Waals surface area contributed by atoms with Gasteiger partial charge in [-0.1, -0.05) is 30.3 Å². The lowest BCUT2D eigenvalue weighted by Crippen LogP contribution is -2.33. The molecule has 0 heterocycles. The fraction of sp³-hybridized carbons (Fsp3) is 0.304. The van der Waals surface area contributed by atoms with Gasteiger partial charge in [-0.2, -0.15) is 0 Å². The fourth-order valence-electron chi connectivity index (χ4n) is 2.59. The Morgan fingerprint density at radius 1 is 0.966 bits per heavy atom. The van der Waals surface area contributed by atoms with Crippen molar-refractivity contribution >= 4 is 17.7 Å². The molecule has 0 saturated heterocycles. The monoisotopic (exact) mass is 397 g/mol. The second-order valence-electron chi connectivity index (χ2n) is 7.30. The van der Waals surface area contributed by atoms with Crippen LogP contribution in [0, 0.1) is 0 Å². The van der Waals surface area contributed by atoms with Gasteiger partial charge in [0, 0.05) is 6.20 Å². The summed E-state index contributed by atoms with van der Waals surface area (Å²) < 4.78 is 15.6. The van der Waals surface area contributed by atoms with E-state index in [0.29, 0.717) is 11.4 Å². The number of anilines is 1. The predicted molar refractivity (Wildman–Crippen MR) is 112 cm³/mol. The average Bonchev–Trinajstić information content (AvgIpc) is 2.70. The van der Waals surface area contributed by atoms with E-state index in [1.807, 2.05) is 30.3 Å². The Bertz CT molecular complexity index is 838. The molecule has 0 spiro atoms. The van der Waals surface area contributed by atoms with Crippen LogP contribution in [0.5, 0.6) is 5.75 Å². The standard InChI is InChI=1S/C23H27NO5/c1-23(2,3)29-22(26)24(18-11-13-19(27-4)14-12-18)16-15-20(21(25)28-5)17-9-7-6-8-10-17/h6-16,20H,1-5H3/b16-15+/t20-/m1/s1. The van der Waals surface area contributed by atoms with Gasteiger partial charge in [-0.05, 0) is 56.7 Å². The Morgan fingerprint density at radius 2 is 1.59 bits per heavy atom. The van der Waals surface area contributed by atoms with E-state index >= 15 is 0 Å². The first kappa shape index (κ1) is 22.0.